The highest BCUT2D eigenvalue weighted by molar-refractivity contribution is 5.71. The van der Waals surface area contributed by atoms with Gasteiger partial charge in [0.15, 0.2) is 6.10 Å². The van der Waals surface area contributed by atoms with Crippen LogP contribution in [0.3, 0.4) is 0 Å². The molecule has 0 aromatic carbocycles. The Morgan fingerprint density at radius 3 is 0.716 bits per heavy atom. The number of carbonyl (C=O) groups excluding carboxylic acids is 3. The van der Waals surface area contributed by atoms with E-state index in [1.54, 1.807) is 0 Å². The fourth-order valence-electron chi connectivity index (χ4n) is 10.9. The van der Waals surface area contributed by atoms with E-state index in [1.165, 1.54) is 263 Å². The molecule has 0 saturated carbocycles. The minimum Gasteiger partial charge on any atom is -0.462 e. The van der Waals surface area contributed by atoms with Crippen LogP contribution in [-0.2, 0) is 28.6 Å². The van der Waals surface area contributed by atoms with Crippen LogP contribution in [0.1, 0.15) is 393 Å². The second-order valence-electron chi connectivity index (χ2n) is 24.5. The summed E-state index contributed by atoms with van der Waals surface area (Å²) in [5, 5.41) is 0. The summed E-state index contributed by atoms with van der Waals surface area (Å²) in [6, 6.07) is 0. The lowest BCUT2D eigenvalue weighted by Gasteiger charge is -2.18. The third kappa shape index (κ3) is 68.0. The lowest BCUT2D eigenvalue weighted by molar-refractivity contribution is -0.167. The Bertz CT molecular complexity index is 1400. The highest BCUT2D eigenvalue weighted by Crippen LogP contribution is 2.19. The van der Waals surface area contributed by atoms with Gasteiger partial charge in [-0.1, -0.05) is 339 Å². The molecule has 0 saturated heterocycles. The molecular formula is C75H138O6. The molecule has 0 aliphatic carbocycles. The monoisotopic (exact) mass is 1140 g/mol. The molecule has 0 radical (unpaired) electrons. The van der Waals surface area contributed by atoms with E-state index >= 15 is 0 Å². The van der Waals surface area contributed by atoms with Crippen LogP contribution in [0.2, 0.25) is 0 Å². The van der Waals surface area contributed by atoms with Crippen molar-refractivity contribution in [2.45, 2.75) is 399 Å². The van der Waals surface area contributed by atoms with Gasteiger partial charge in [0.1, 0.15) is 13.2 Å². The topological polar surface area (TPSA) is 78.9 Å². The molecule has 0 fully saturated rings. The van der Waals surface area contributed by atoms with Crippen LogP contribution in [0, 0.1) is 0 Å². The summed E-state index contributed by atoms with van der Waals surface area (Å²) in [7, 11) is 0. The summed E-state index contributed by atoms with van der Waals surface area (Å²) in [6.07, 6.45) is 88.7. The Kier molecular flexibility index (Phi) is 67.6. The molecule has 0 aromatic rings. The number of hydrogen-bond donors (Lipinski definition) is 0. The molecule has 0 aromatic heterocycles. The maximum atomic E-state index is 12.9. The van der Waals surface area contributed by atoms with Crippen molar-refractivity contribution in [2.75, 3.05) is 13.2 Å². The smallest absolute Gasteiger partial charge is 0.306 e. The standard InChI is InChI=1S/C75H138O6/c1-4-7-10-13-16-19-22-25-28-30-32-33-34-35-36-37-38-39-40-41-42-43-45-47-50-53-56-59-62-65-68-74(77)80-71-72(70-79-73(76)67-64-61-58-55-52-49-46-27-24-21-18-15-12-9-6-3)81-75(78)69-66-63-60-57-54-51-48-44-31-29-26-23-20-17-14-11-8-5-2/h18,20-21,23,27,29,31,46,72H,4-17,19,22,24-26,28,30,32-45,47-71H2,1-3H3/b21-18-,23-20-,31-29-,46-27-. The lowest BCUT2D eigenvalue weighted by Crippen LogP contribution is -2.30. The van der Waals surface area contributed by atoms with Gasteiger partial charge < -0.3 is 14.2 Å². The van der Waals surface area contributed by atoms with Crippen molar-refractivity contribution in [2.24, 2.45) is 0 Å². The van der Waals surface area contributed by atoms with Crippen LogP contribution < -0.4 is 0 Å². The number of carbonyl (C=O) groups is 3. The molecule has 0 aliphatic heterocycles. The molecule has 0 N–H and O–H groups in total. The average Bonchev–Trinajstić information content (AvgIpc) is 3.47. The van der Waals surface area contributed by atoms with Gasteiger partial charge in [0.05, 0.1) is 0 Å². The molecule has 0 bridgehead atoms. The molecule has 474 valence electrons. The summed E-state index contributed by atoms with van der Waals surface area (Å²) < 4.78 is 17.0. The molecule has 0 heterocycles. The maximum absolute atomic E-state index is 12.9. The van der Waals surface area contributed by atoms with Crippen LogP contribution in [0.15, 0.2) is 48.6 Å². The van der Waals surface area contributed by atoms with Crippen LogP contribution >= 0.6 is 0 Å². The summed E-state index contributed by atoms with van der Waals surface area (Å²) in [4.78, 5) is 38.4. The highest BCUT2D eigenvalue weighted by Gasteiger charge is 2.19. The predicted molar refractivity (Wildman–Crippen MR) is 353 cm³/mol. The first-order valence-corrected chi connectivity index (χ1v) is 36.1. The first-order chi connectivity index (χ1) is 40.0. The van der Waals surface area contributed by atoms with E-state index in [4.69, 9.17) is 14.2 Å². The molecule has 0 aliphatic rings. The van der Waals surface area contributed by atoms with Crippen molar-refractivity contribution in [3.63, 3.8) is 0 Å². The van der Waals surface area contributed by atoms with E-state index in [-0.39, 0.29) is 31.1 Å². The Morgan fingerprint density at radius 1 is 0.247 bits per heavy atom. The van der Waals surface area contributed by atoms with Gasteiger partial charge in [0.25, 0.3) is 0 Å². The number of rotatable bonds is 67. The average molecular weight is 1140 g/mol. The second-order valence-corrected chi connectivity index (χ2v) is 24.5. The van der Waals surface area contributed by atoms with E-state index in [0.29, 0.717) is 19.3 Å². The normalized spacial score (nSPS) is 12.3. The summed E-state index contributed by atoms with van der Waals surface area (Å²) in [6.45, 7) is 6.65. The zero-order chi connectivity index (χ0) is 58.5. The van der Waals surface area contributed by atoms with E-state index in [9.17, 15) is 14.4 Å². The van der Waals surface area contributed by atoms with E-state index in [2.05, 4.69) is 69.4 Å². The maximum Gasteiger partial charge on any atom is 0.306 e. The zero-order valence-electron chi connectivity index (χ0n) is 54.6. The van der Waals surface area contributed by atoms with Crippen molar-refractivity contribution in [3.05, 3.63) is 48.6 Å². The van der Waals surface area contributed by atoms with Crippen molar-refractivity contribution in [1.82, 2.24) is 0 Å². The molecule has 0 rings (SSSR count). The van der Waals surface area contributed by atoms with Crippen LogP contribution in [-0.4, -0.2) is 37.2 Å². The van der Waals surface area contributed by atoms with Gasteiger partial charge in [-0.05, 0) is 83.5 Å². The van der Waals surface area contributed by atoms with Gasteiger partial charge >= 0.3 is 17.9 Å². The van der Waals surface area contributed by atoms with Crippen LogP contribution in [0.25, 0.3) is 0 Å². The molecular weight excluding hydrogens is 997 g/mol. The quantitative estimate of drug-likeness (QED) is 0.0261. The minimum absolute atomic E-state index is 0.0772. The SMILES string of the molecule is CCCCC/C=C\C/C=C\CCCCCCCC(=O)OCC(COC(=O)CCCCCCCCCCCCCCCCCCCCCCCCCCCCCCCC)OC(=O)CCCCCCCCC/C=C\C/C=C\CCCCCC. The first kappa shape index (κ1) is 78.4. The molecule has 6 nitrogen and oxygen atoms in total. The van der Waals surface area contributed by atoms with Gasteiger partial charge in [-0.2, -0.15) is 0 Å². The van der Waals surface area contributed by atoms with Gasteiger partial charge in [-0.25, -0.2) is 0 Å². The fourth-order valence-corrected chi connectivity index (χ4v) is 10.9. The molecule has 6 heteroatoms. The van der Waals surface area contributed by atoms with Crippen molar-refractivity contribution in [3.8, 4) is 0 Å². The number of hydrogen-bond acceptors (Lipinski definition) is 6. The molecule has 1 atom stereocenters. The number of esters is 3. The number of ether oxygens (including phenoxy) is 3. The Morgan fingerprint density at radius 2 is 0.444 bits per heavy atom. The van der Waals surface area contributed by atoms with Crippen LogP contribution in [0.4, 0.5) is 0 Å². The van der Waals surface area contributed by atoms with E-state index in [1.807, 2.05) is 0 Å². The van der Waals surface area contributed by atoms with Gasteiger partial charge in [-0.3, -0.25) is 14.4 Å². The zero-order valence-corrected chi connectivity index (χ0v) is 54.6. The molecule has 0 spiro atoms. The highest BCUT2D eigenvalue weighted by atomic mass is 16.6. The number of unbranched alkanes of at least 4 members (excludes halogenated alkanes) is 48. The molecule has 1 unspecified atom stereocenters. The van der Waals surface area contributed by atoms with E-state index in [0.717, 1.165) is 89.9 Å². The van der Waals surface area contributed by atoms with Gasteiger partial charge in [-0.15, -0.1) is 0 Å². The summed E-state index contributed by atoms with van der Waals surface area (Å²) in [5.74, 6) is -0.875. The van der Waals surface area contributed by atoms with E-state index < -0.39 is 6.10 Å². The van der Waals surface area contributed by atoms with Crippen molar-refractivity contribution >= 4 is 17.9 Å². The molecule has 81 heavy (non-hydrogen) atoms. The first-order valence-electron chi connectivity index (χ1n) is 36.1. The van der Waals surface area contributed by atoms with Crippen molar-refractivity contribution in [1.29, 1.82) is 0 Å². The fraction of sp³-hybridized carbons (Fsp3) is 0.853. The minimum atomic E-state index is -0.783. The predicted octanol–water partition coefficient (Wildman–Crippen LogP) is 24.9. The lowest BCUT2D eigenvalue weighted by atomic mass is 10.0. The Balaban J connectivity index is 4.20. The largest absolute Gasteiger partial charge is 0.462 e. The summed E-state index contributed by atoms with van der Waals surface area (Å²) >= 11 is 0. The number of allylic oxidation sites excluding steroid dienone is 8. The van der Waals surface area contributed by atoms with Gasteiger partial charge in [0.2, 0.25) is 0 Å². The Labute approximate surface area is 505 Å². The van der Waals surface area contributed by atoms with Crippen molar-refractivity contribution < 1.29 is 28.6 Å². The third-order valence-corrected chi connectivity index (χ3v) is 16.3. The molecule has 0 amide bonds. The Hall–Kier alpha value is -2.63. The van der Waals surface area contributed by atoms with Gasteiger partial charge in [0, 0.05) is 19.3 Å². The second kappa shape index (κ2) is 69.9. The van der Waals surface area contributed by atoms with Crippen LogP contribution in [0.5, 0.6) is 0 Å². The third-order valence-electron chi connectivity index (χ3n) is 16.3. The summed E-state index contributed by atoms with van der Waals surface area (Å²) in [5.41, 5.74) is 0.